The highest BCUT2D eigenvalue weighted by Gasteiger charge is 2.09. The van der Waals surface area contributed by atoms with E-state index in [0.717, 1.165) is 10.5 Å². The Balaban J connectivity index is 1.52. The number of nitrogens with zero attached hydrogens (tertiary/aromatic N) is 3. The average Bonchev–Trinajstić information content (AvgIpc) is 2.86. The molecule has 0 unspecified atom stereocenters. The zero-order valence-corrected chi connectivity index (χ0v) is 19.0. The van der Waals surface area contributed by atoms with E-state index in [-0.39, 0.29) is 24.0 Å². The third-order valence-electron chi connectivity index (χ3n) is 4.53. The van der Waals surface area contributed by atoms with E-state index < -0.39 is 4.92 Å². The van der Waals surface area contributed by atoms with Crippen molar-refractivity contribution in [2.45, 2.75) is 11.5 Å². The van der Waals surface area contributed by atoms with Gasteiger partial charge in [-0.05, 0) is 42.0 Å². The number of ether oxygens (including phenoxy) is 2. The number of hydrazone groups is 1. The van der Waals surface area contributed by atoms with Crippen molar-refractivity contribution in [1.29, 1.82) is 5.26 Å². The summed E-state index contributed by atoms with van der Waals surface area (Å²) in [5.41, 5.74) is 4.44. The summed E-state index contributed by atoms with van der Waals surface area (Å²) >= 11 is 1.24. The molecule has 0 saturated heterocycles. The van der Waals surface area contributed by atoms with Crippen LogP contribution in [-0.4, -0.2) is 29.9 Å². The molecule has 3 rings (SSSR count). The number of amides is 1. The second-order valence-electron chi connectivity index (χ2n) is 6.80. The number of carbonyl (C=O) groups excluding carboxylic acids is 1. The standard InChI is InChI=1S/C24H20N4O5S/c1-32-23-12-17(6-11-22(23)33-15-19-5-3-2-4-18(19)13-25)14-26-27-24(29)16-34-21-9-7-20(8-10-21)28(30)31/h2-12,14H,15-16H2,1H3,(H,27,29)/b26-14+. The van der Waals surface area contributed by atoms with Crippen molar-refractivity contribution < 1.29 is 19.2 Å². The Bertz CT molecular complexity index is 1240. The molecule has 0 fully saturated rings. The van der Waals surface area contributed by atoms with E-state index in [0.29, 0.717) is 22.6 Å². The molecular formula is C24H20N4O5S. The van der Waals surface area contributed by atoms with Crippen molar-refractivity contribution in [3.05, 3.63) is 93.5 Å². The van der Waals surface area contributed by atoms with E-state index in [1.54, 1.807) is 42.5 Å². The van der Waals surface area contributed by atoms with E-state index in [1.807, 2.05) is 12.1 Å². The molecule has 0 radical (unpaired) electrons. The Morgan fingerprint density at radius 2 is 1.94 bits per heavy atom. The molecule has 3 aromatic rings. The number of nitriles is 1. The normalized spacial score (nSPS) is 10.5. The number of nitro groups is 1. The lowest BCUT2D eigenvalue weighted by atomic mass is 10.1. The van der Waals surface area contributed by atoms with Crippen molar-refractivity contribution in [2.75, 3.05) is 12.9 Å². The molecule has 0 bridgehead atoms. The molecule has 0 spiro atoms. The van der Waals surface area contributed by atoms with Gasteiger partial charge in [0.05, 0.1) is 35.6 Å². The topological polar surface area (TPSA) is 127 Å². The van der Waals surface area contributed by atoms with E-state index in [4.69, 9.17) is 9.47 Å². The second kappa shape index (κ2) is 12.0. The maximum absolute atomic E-state index is 12.0. The van der Waals surface area contributed by atoms with E-state index in [9.17, 15) is 20.2 Å². The summed E-state index contributed by atoms with van der Waals surface area (Å²) in [6.07, 6.45) is 1.48. The van der Waals surface area contributed by atoms with Crippen molar-refractivity contribution >= 4 is 29.6 Å². The van der Waals surface area contributed by atoms with Crippen molar-refractivity contribution in [3.63, 3.8) is 0 Å². The van der Waals surface area contributed by atoms with E-state index >= 15 is 0 Å². The van der Waals surface area contributed by atoms with Gasteiger partial charge in [-0.2, -0.15) is 10.4 Å². The number of nitro benzene ring substituents is 1. The number of rotatable bonds is 10. The Kier molecular flexibility index (Phi) is 8.60. The fourth-order valence-corrected chi connectivity index (χ4v) is 3.51. The zero-order chi connectivity index (χ0) is 24.3. The van der Waals surface area contributed by atoms with Crippen LogP contribution in [0.1, 0.15) is 16.7 Å². The summed E-state index contributed by atoms with van der Waals surface area (Å²) in [6.45, 7) is 0.218. The number of carbonyl (C=O) groups is 1. The lowest BCUT2D eigenvalue weighted by Crippen LogP contribution is -2.19. The van der Waals surface area contributed by atoms with Crippen LogP contribution >= 0.6 is 11.8 Å². The number of thioether (sulfide) groups is 1. The molecule has 1 amide bonds. The lowest BCUT2D eigenvalue weighted by molar-refractivity contribution is -0.384. The molecule has 10 heteroatoms. The Hall–Kier alpha value is -4.36. The number of hydrogen-bond donors (Lipinski definition) is 1. The van der Waals surface area contributed by atoms with Gasteiger partial charge in [0.2, 0.25) is 5.91 Å². The van der Waals surface area contributed by atoms with Crippen LogP contribution in [0, 0.1) is 21.4 Å². The highest BCUT2D eigenvalue weighted by molar-refractivity contribution is 8.00. The van der Waals surface area contributed by atoms with Crippen LogP contribution in [0.4, 0.5) is 5.69 Å². The van der Waals surface area contributed by atoms with Crippen LogP contribution in [0.5, 0.6) is 11.5 Å². The minimum atomic E-state index is -0.475. The summed E-state index contributed by atoms with van der Waals surface area (Å²) in [4.78, 5) is 23.0. The quantitative estimate of drug-likeness (QED) is 0.200. The van der Waals surface area contributed by atoms with Crippen molar-refractivity contribution in [3.8, 4) is 17.6 Å². The predicted octanol–water partition coefficient (Wildman–Crippen LogP) is 4.30. The number of benzene rings is 3. The minimum Gasteiger partial charge on any atom is -0.493 e. The Labute approximate surface area is 200 Å². The second-order valence-corrected chi connectivity index (χ2v) is 7.85. The molecule has 0 aromatic heterocycles. The maximum atomic E-state index is 12.0. The van der Waals surface area contributed by atoms with Gasteiger partial charge in [-0.15, -0.1) is 11.8 Å². The van der Waals surface area contributed by atoms with Gasteiger partial charge in [0, 0.05) is 22.6 Å². The number of nitrogens with one attached hydrogen (secondary N) is 1. The first-order valence-electron chi connectivity index (χ1n) is 9.98. The smallest absolute Gasteiger partial charge is 0.269 e. The Morgan fingerprint density at radius 3 is 2.65 bits per heavy atom. The number of hydrogen-bond acceptors (Lipinski definition) is 8. The number of non-ortho nitro benzene ring substituents is 1. The van der Waals surface area contributed by atoms with Gasteiger partial charge < -0.3 is 9.47 Å². The first-order valence-corrected chi connectivity index (χ1v) is 11.0. The molecule has 0 atom stereocenters. The molecule has 1 N–H and O–H groups in total. The van der Waals surface area contributed by atoms with Gasteiger partial charge in [-0.25, -0.2) is 5.43 Å². The van der Waals surface area contributed by atoms with Crippen LogP contribution in [0.3, 0.4) is 0 Å². The molecule has 34 heavy (non-hydrogen) atoms. The van der Waals surface area contributed by atoms with Crippen molar-refractivity contribution in [1.82, 2.24) is 5.43 Å². The van der Waals surface area contributed by atoms with Crippen LogP contribution in [0.2, 0.25) is 0 Å². The molecule has 172 valence electrons. The van der Waals surface area contributed by atoms with Gasteiger partial charge in [0.15, 0.2) is 11.5 Å². The zero-order valence-electron chi connectivity index (χ0n) is 18.1. The monoisotopic (exact) mass is 476 g/mol. The molecular weight excluding hydrogens is 456 g/mol. The third-order valence-corrected chi connectivity index (χ3v) is 5.54. The first kappa shape index (κ1) is 24.3. The van der Waals surface area contributed by atoms with Crippen molar-refractivity contribution in [2.24, 2.45) is 5.10 Å². The van der Waals surface area contributed by atoms with Crippen LogP contribution in [-0.2, 0) is 11.4 Å². The highest BCUT2D eigenvalue weighted by atomic mass is 32.2. The fraction of sp³-hybridized carbons (Fsp3) is 0.125. The molecule has 0 aliphatic heterocycles. The largest absolute Gasteiger partial charge is 0.493 e. The minimum absolute atomic E-state index is 0.00256. The van der Waals surface area contributed by atoms with Gasteiger partial charge >= 0.3 is 0 Å². The summed E-state index contributed by atoms with van der Waals surface area (Å²) in [5, 5.41) is 23.8. The van der Waals surface area contributed by atoms with E-state index in [2.05, 4.69) is 16.6 Å². The summed E-state index contributed by atoms with van der Waals surface area (Å²) in [6, 6.07) is 20.5. The third kappa shape index (κ3) is 6.82. The average molecular weight is 477 g/mol. The van der Waals surface area contributed by atoms with Crippen LogP contribution < -0.4 is 14.9 Å². The summed E-state index contributed by atoms with van der Waals surface area (Å²) in [7, 11) is 1.52. The molecule has 3 aromatic carbocycles. The molecule has 0 saturated carbocycles. The number of methoxy groups -OCH3 is 1. The van der Waals surface area contributed by atoms with Gasteiger partial charge in [-0.3, -0.25) is 14.9 Å². The molecule has 0 aliphatic carbocycles. The highest BCUT2D eigenvalue weighted by Crippen LogP contribution is 2.28. The van der Waals surface area contributed by atoms with E-state index in [1.165, 1.54) is 37.2 Å². The first-order chi connectivity index (χ1) is 16.5. The summed E-state index contributed by atoms with van der Waals surface area (Å²) in [5.74, 6) is 0.784. The SMILES string of the molecule is COc1cc(/C=N/NC(=O)CSc2ccc([N+](=O)[O-])cc2)ccc1OCc1ccccc1C#N. The fourth-order valence-electron chi connectivity index (χ4n) is 2.82. The summed E-state index contributed by atoms with van der Waals surface area (Å²) < 4.78 is 11.2. The predicted molar refractivity (Wildman–Crippen MR) is 128 cm³/mol. The maximum Gasteiger partial charge on any atom is 0.269 e. The van der Waals surface area contributed by atoms with Crippen LogP contribution in [0.25, 0.3) is 0 Å². The molecule has 9 nitrogen and oxygen atoms in total. The van der Waals surface area contributed by atoms with Gasteiger partial charge in [-0.1, -0.05) is 18.2 Å². The lowest BCUT2D eigenvalue weighted by Gasteiger charge is -2.12. The molecule has 0 aliphatic rings. The van der Waals surface area contributed by atoms with Gasteiger partial charge in [0.1, 0.15) is 6.61 Å². The Morgan fingerprint density at radius 1 is 1.18 bits per heavy atom. The van der Waals surface area contributed by atoms with Crippen LogP contribution in [0.15, 0.2) is 76.7 Å². The van der Waals surface area contributed by atoms with Gasteiger partial charge in [0.25, 0.3) is 5.69 Å². The molecule has 0 heterocycles.